The van der Waals surface area contributed by atoms with Gasteiger partial charge in [0.1, 0.15) is 6.61 Å². The number of para-hydroxylation sites is 1. The van der Waals surface area contributed by atoms with Gasteiger partial charge in [-0.15, -0.1) is 0 Å². The first kappa shape index (κ1) is 20.4. The monoisotopic (exact) mass is 372 g/mol. The molecule has 1 unspecified atom stereocenters. The molecule has 1 aliphatic heterocycles. The highest BCUT2D eigenvalue weighted by molar-refractivity contribution is 5.80. The van der Waals surface area contributed by atoms with Crippen molar-refractivity contribution >= 4 is 11.6 Å². The molecule has 26 heavy (non-hydrogen) atoms. The van der Waals surface area contributed by atoms with Crippen LogP contribution in [0.25, 0.3) is 0 Å². The predicted molar refractivity (Wildman–Crippen MR) is 97.7 cm³/mol. The Morgan fingerprint density at radius 3 is 2.77 bits per heavy atom. The number of nitrogens with zero attached hydrogens (tertiary/aromatic N) is 2. The summed E-state index contributed by atoms with van der Waals surface area (Å²) < 4.78 is 40.6. The van der Waals surface area contributed by atoms with E-state index in [0.29, 0.717) is 18.9 Å². The first-order valence-electron chi connectivity index (χ1n) is 8.97. The van der Waals surface area contributed by atoms with Crippen LogP contribution in [-0.4, -0.2) is 57.6 Å². The van der Waals surface area contributed by atoms with Crippen molar-refractivity contribution in [3.05, 3.63) is 30.3 Å². The Labute approximate surface area is 152 Å². The van der Waals surface area contributed by atoms with Crippen LogP contribution in [-0.2, 0) is 4.74 Å². The predicted octanol–water partition coefficient (Wildman–Crippen LogP) is 2.79. The van der Waals surface area contributed by atoms with Crippen molar-refractivity contribution in [3.8, 4) is 0 Å². The Morgan fingerprint density at radius 2 is 2.08 bits per heavy atom. The third kappa shape index (κ3) is 7.51. The topological polar surface area (TPSA) is 48.9 Å². The number of alkyl halides is 3. The molecule has 1 aromatic rings. The number of anilines is 1. The second kappa shape index (κ2) is 10.3. The molecule has 1 atom stereocenters. The fourth-order valence-electron chi connectivity index (χ4n) is 2.81. The average Bonchev–Trinajstić information content (AvgIpc) is 3.06. The molecule has 0 spiro atoms. The summed E-state index contributed by atoms with van der Waals surface area (Å²) in [6.45, 7) is 3.85. The van der Waals surface area contributed by atoms with E-state index >= 15 is 0 Å². The molecule has 2 rings (SSSR count). The molecule has 0 bridgehead atoms. The number of hydrogen-bond donors (Lipinski definition) is 2. The first-order valence-corrected chi connectivity index (χ1v) is 8.97. The Balaban J connectivity index is 1.73. The van der Waals surface area contributed by atoms with Gasteiger partial charge in [-0.1, -0.05) is 18.2 Å². The molecule has 1 saturated heterocycles. The standard InChI is InChI=1S/C18H27F3N4O/c1-2-22-17(23-10-6-12-26-14-18(19,20)21)24-15-9-11-25(13-15)16-7-4-3-5-8-16/h3-5,7-8,15H,2,6,9-14H2,1H3,(H2,22,23,24). The van der Waals surface area contributed by atoms with Crippen molar-refractivity contribution in [2.24, 2.45) is 4.99 Å². The third-order valence-electron chi connectivity index (χ3n) is 3.98. The Bertz CT molecular complexity index is 551. The molecular formula is C18H27F3N4O. The Hall–Kier alpha value is -1.96. The number of benzene rings is 1. The highest BCUT2D eigenvalue weighted by Gasteiger charge is 2.27. The van der Waals surface area contributed by atoms with Crippen molar-refractivity contribution in [3.63, 3.8) is 0 Å². The van der Waals surface area contributed by atoms with Gasteiger partial charge in [-0.2, -0.15) is 13.2 Å². The van der Waals surface area contributed by atoms with Crippen molar-refractivity contribution in [2.45, 2.75) is 32.0 Å². The molecule has 0 aliphatic carbocycles. The molecule has 1 heterocycles. The lowest BCUT2D eigenvalue weighted by Crippen LogP contribution is -2.44. The lowest BCUT2D eigenvalue weighted by Gasteiger charge is -2.20. The van der Waals surface area contributed by atoms with E-state index in [2.05, 4.69) is 37.4 Å². The summed E-state index contributed by atoms with van der Waals surface area (Å²) in [5, 5.41) is 6.59. The van der Waals surface area contributed by atoms with E-state index in [1.807, 2.05) is 25.1 Å². The number of nitrogens with one attached hydrogen (secondary N) is 2. The van der Waals surface area contributed by atoms with E-state index < -0.39 is 12.8 Å². The number of hydrogen-bond acceptors (Lipinski definition) is 3. The Morgan fingerprint density at radius 1 is 1.31 bits per heavy atom. The zero-order chi connectivity index (χ0) is 18.8. The van der Waals surface area contributed by atoms with Gasteiger partial charge < -0.3 is 20.3 Å². The lowest BCUT2D eigenvalue weighted by molar-refractivity contribution is -0.173. The molecule has 0 aromatic heterocycles. The van der Waals surface area contributed by atoms with Gasteiger partial charge in [0.2, 0.25) is 0 Å². The minimum absolute atomic E-state index is 0.0492. The van der Waals surface area contributed by atoms with Gasteiger partial charge in [-0.05, 0) is 31.9 Å². The molecule has 1 aliphatic rings. The number of ether oxygens (including phenoxy) is 1. The van der Waals surface area contributed by atoms with Gasteiger partial charge >= 0.3 is 6.18 Å². The number of guanidine groups is 1. The van der Waals surface area contributed by atoms with E-state index in [-0.39, 0.29) is 12.6 Å². The van der Waals surface area contributed by atoms with E-state index in [4.69, 9.17) is 0 Å². The molecule has 0 amide bonds. The average molecular weight is 372 g/mol. The SMILES string of the molecule is CCNC(=NCCCOCC(F)(F)F)NC1CCN(c2ccccc2)C1. The van der Waals surface area contributed by atoms with Gasteiger partial charge in [0.25, 0.3) is 0 Å². The van der Waals surface area contributed by atoms with Crippen molar-refractivity contribution in [1.82, 2.24) is 10.6 Å². The molecule has 1 fully saturated rings. The molecule has 0 radical (unpaired) electrons. The van der Waals surface area contributed by atoms with E-state index in [1.54, 1.807) is 0 Å². The fourth-order valence-corrected chi connectivity index (χ4v) is 2.81. The van der Waals surface area contributed by atoms with Gasteiger partial charge in [0.15, 0.2) is 5.96 Å². The van der Waals surface area contributed by atoms with Gasteiger partial charge in [0.05, 0.1) is 0 Å². The quantitative estimate of drug-likeness (QED) is 0.419. The number of rotatable bonds is 8. The zero-order valence-electron chi connectivity index (χ0n) is 15.1. The summed E-state index contributed by atoms with van der Waals surface area (Å²) in [5.74, 6) is 0.697. The summed E-state index contributed by atoms with van der Waals surface area (Å²) in [5.41, 5.74) is 1.21. The van der Waals surface area contributed by atoms with Gasteiger partial charge in [-0.25, -0.2) is 0 Å². The lowest BCUT2D eigenvalue weighted by atomic mass is 10.3. The van der Waals surface area contributed by atoms with Crippen molar-refractivity contribution < 1.29 is 17.9 Å². The summed E-state index contributed by atoms with van der Waals surface area (Å²) in [6, 6.07) is 10.6. The van der Waals surface area contributed by atoms with Crippen LogP contribution >= 0.6 is 0 Å². The maximum absolute atomic E-state index is 12.0. The van der Waals surface area contributed by atoms with Crippen LogP contribution in [0.3, 0.4) is 0 Å². The first-order chi connectivity index (χ1) is 12.5. The second-order valence-corrected chi connectivity index (χ2v) is 6.19. The summed E-state index contributed by atoms with van der Waals surface area (Å²) >= 11 is 0. The number of halogens is 3. The Kier molecular flexibility index (Phi) is 8.03. The fraction of sp³-hybridized carbons (Fsp3) is 0.611. The molecule has 146 valence electrons. The zero-order valence-corrected chi connectivity index (χ0v) is 15.1. The van der Waals surface area contributed by atoms with Crippen LogP contribution in [0.4, 0.5) is 18.9 Å². The molecule has 1 aromatic carbocycles. The van der Waals surface area contributed by atoms with Crippen LogP contribution < -0.4 is 15.5 Å². The summed E-state index contributed by atoms with van der Waals surface area (Å²) in [7, 11) is 0. The minimum Gasteiger partial charge on any atom is -0.372 e. The number of aliphatic imine (C=N–C) groups is 1. The van der Waals surface area contributed by atoms with Crippen molar-refractivity contribution in [1.29, 1.82) is 0 Å². The van der Waals surface area contributed by atoms with Crippen LogP contribution in [0.15, 0.2) is 35.3 Å². The molecular weight excluding hydrogens is 345 g/mol. The summed E-state index contributed by atoms with van der Waals surface area (Å²) in [6.07, 6.45) is -2.81. The highest BCUT2D eigenvalue weighted by atomic mass is 19.4. The van der Waals surface area contributed by atoms with E-state index in [9.17, 15) is 13.2 Å². The summed E-state index contributed by atoms with van der Waals surface area (Å²) in [4.78, 5) is 6.75. The second-order valence-electron chi connectivity index (χ2n) is 6.19. The maximum Gasteiger partial charge on any atom is 0.411 e. The molecule has 5 nitrogen and oxygen atoms in total. The van der Waals surface area contributed by atoms with E-state index in [1.165, 1.54) is 5.69 Å². The van der Waals surface area contributed by atoms with Crippen LogP contribution in [0, 0.1) is 0 Å². The van der Waals surface area contributed by atoms with Crippen LogP contribution in [0.2, 0.25) is 0 Å². The van der Waals surface area contributed by atoms with Crippen LogP contribution in [0.5, 0.6) is 0 Å². The molecule has 0 saturated carbocycles. The van der Waals surface area contributed by atoms with E-state index in [0.717, 1.165) is 26.1 Å². The normalized spacial score (nSPS) is 18.2. The molecule has 2 N–H and O–H groups in total. The smallest absolute Gasteiger partial charge is 0.372 e. The third-order valence-corrected chi connectivity index (χ3v) is 3.98. The minimum atomic E-state index is -4.27. The van der Waals surface area contributed by atoms with Crippen molar-refractivity contribution in [2.75, 3.05) is 44.3 Å². The highest BCUT2D eigenvalue weighted by Crippen LogP contribution is 2.19. The maximum atomic E-state index is 12.0. The van der Waals surface area contributed by atoms with Crippen LogP contribution in [0.1, 0.15) is 19.8 Å². The van der Waals surface area contributed by atoms with Gasteiger partial charge in [-0.3, -0.25) is 4.99 Å². The molecule has 8 heteroatoms. The van der Waals surface area contributed by atoms with Gasteiger partial charge in [0, 0.05) is 44.5 Å². The largest absolute Gasteiger partial charge is 0.411 e.